The zero-order valence-electron chi connectivity index (χ0n) is 11.2. The van der Waals surface area contributed by atoms with Crippen molar-refractivity contribution in [2.45, 2.75) is 51.5 Å². The zero-order valence-corrected chi connectivity index (χ0v) is 11.9. The van der Waals surface area contributed by atoms with Crippen molar-refractivity contribution in [1.82, 2.24) is 0 Å². The summed E-state index contributed by atoms with van der Waals surface area (Å²) < 4.78 is 0. The highest BCUT2D eigenvalue weighted by molar-refractivity contribution is 6.33. The van der Waals surface area contributed by atoms with E-state index in [1.807, 2.05) is 24.3 Å². The molecule has 1 aromatic rings. The molecule has 0 heterocycles. The Morgan fingerprint density at radius 2 is 1.89 bits per heavy atom. The molecule has 0 aliphatic heterocycles. The molecule has 0 bridgehead atoms. The first-order chi connectivity index (χ1) is 8.77. The molecule has 0 aromatic heterocycles. The van der Waals surface area contributed by atoms with Gasteiger partial charge in [-0.1, -0.05) is 62.8 Å². The van der Waals surface area contributed by atoms with Gasteiger partial charge in [-0.05, 0) is 18.6 Å². The topological polar surface area (TPSA) is 32.3 Å². The van der Waals surface area contributed by atoms with Crippen LogP contribution in [0, 0.1) is 0 Å². The lowest BCUT2D eigenvalue weighted by Crippen LogP contribution is -2.23. The Morgan fingerprint density at radius 1 is 1.17 bits per heavy atom. The minimum Gasteiger partial charge on any atom is -0.394 e. The van der Waals surface area contributed by atoms with E-state index in [1.165, 1.54) is 25.7 Å². The molecule has 2 N–H and O–H groups in total. The van der Waals surface area contributed by atoms with Gasteiger partial charge in [0.25, 0.3) is 0 Å². The fraction of sp³-hybridized carbons (Fsp3) is 0.600. The van der Waals surface area contributed by atoms with Crippen LogP contribution >= 0.6 is 11.6 Å². The van der Waals surface area contributed by atoms with Crippen LogP contribution in [0.15, 0.2) is 24.3 Å². The van der Waals surface area contributed by atoms with Crippen molar-refractivity contribution >= 4 is 17.3 Å². The van der Waals surface area contributed by atoms with Gasteiger partial charge >= 0.3 is 0 Å². The Morgan fingerprint density at radius 3 is 2.56 bits per heavy atom. The molecule has 1 atom stereocenters. The summed E-state index contributed by atoms with van der Waals surface area (Å²) in [6.07, 6.45) is 7.26. The molecular formula is C15H24ClNO. The summed E-state index contributed by atoms with van der Waals surface area (Å²) in [6.45, 7) is 2.37. The average Bonchev–Trinajstić information content (AvgIpc) is 2.39. The van der Waals surface area contributed by atoms with Gasteiger partial charge in [0.2, 0.25) is 0 Å². The van der Waals surface area contributed by atoms with E-state index in [0.717, 1.165) is 18.5 Å². The number of hydrogen-bond acceptors (Lipinski definition) is 2. The van der Waals surface area contributed by atoms with Crippen LogP contribution in [0.4, 0.5) is 5.69 Å². The van der Waals surface area contributed by atoms with Crippen molar-refractivity contribution in [3.05, 3.63) is 29.3 Å². The number of benzene rings is 1. The Hall–Kier alpha value is -0.730. The first-order valence-corrected chi connectivity index (χ1v) is 7.27. The van der Waals surface area contributed by atoms with Gasteiger partial charge in [0.15, 0.2) is 0 Å². The van der Waals surface area contributed by atoms with Crippen LogP contribution in [0.25, 0.3) is 0 Å². The number of nitrogens with one attached hydrogen (secondary N) is 1. The zero-order chi connectivity index (χ0) is 13.2. The maximum atomic E-state index is 9.38. The molecule has 0 saturated heterocycles. The summed E-state index contributed by atoms with van der Waals surface area (Å²) in [7, 11) is 0. The van der Waals surface area contributed by atoms with Crippen molar-refractivity contribution in [3.8, 4) is 0 Å². The SMILES string of the molecule is CCCCCCCC(CO)Nc1ccccc1Cl. The molecule has 0 aliphatic rings. The lowest BCUT2D eigenvalue weighted by Gasteiger charge is -2.18. The summed E-state index contributed by atoms with van der Waals surface area (Å²) in [6, 6.07) is 7.77. The van der Waals surface area contributed by atoms with Crippen molar-refractivity contribution in [2.75, 3.05) is 11.9 Å². The fourth-order valence-electron chi connectivity index (χ4n) is 2.00. The fourth-order valence-corrected chi connectivity index (χ4v) is 2.19. The van der Waals surface area contributed by atoms with Crippen molar-refractivity contribution in [3.63, 3.8) is 0 Å². The number of aliphatic hydroxyl groups is 1. The van der Waals surface area contributed by atoms with E-state index in [0.29, 0.717) is 5.02 Å². The molecule has 102 valence electrons. The molecule has 0 amide bonds. The Labute approximate surface area is 115 Å². The Balaban J connectivity index is 2.31. The van der Waals surface area contributed by atoms with Crippen LogP contribution in [0.3, 0.4) is 0 Å². The molecule has 18 heavy (non-hydrogen) atoms. The van der Waals surface area contributed by atoms with Crippen LogP contribution in [0.5, 0.6) is 0 Å². The predicted molar refractivity (Wildman–Crippen MR) is 79.3 cm³/mol. The van der Waals surface area contributed by atoms with Gasteiger partial charge in [-0.2, -0.15) is 0 Å². The summed E-state index contributed by atoms with van der Waals surface area (Å²) in [5, 5.41) is 13.4. The molecule has 3 heteroatoms. The van der Waals surface area contributed by atoms with Crippen molar-refractivity contribution < 1.29 is 5.11 Å². The molecule has 0 spiro atoms. The van der Waals surface area contributed by atoms with Crippen LogP contribution in [0.1, 0.15) is 45.4 Å². The van der Waals surface area contributed by atoms with E-state index in [-0.39, 0.29) is 12.6 Å². The maximum Gasteiger partial charge on any atom is 0.0637 e. The summed E-state index contributed by atoms with van der Waals surface area (Å²) >= 11 is 6.08. The Bertz CT molecular complexity index is 330. The third-order valence-electron chi connectivity index (χ3n) is 3.11. The lowest BCUT2D eigenvalue weighted by molar-refractivity contribution is 0.266. The second-order valence-corrected chi connectivity index (χ2v) is 5.11. The standard InChI is InChI=1S/C15H24ClNO/c1-2-3-4-5-6-9-13(12-18)17-15-11-8-7-10-14(15)16/h7-8,10-11,13,17-18H,2-6,9,12H2,1H3. The van der Waals surface area contributed by atoms with Gasteiger partial charge in [0.1, 0.15) is 0 Å². The predicted octanol–water partition coefficient (Wildman–Crippen LogP) is 4.47. The van der Waals surface area contributed by atoms with Crippen LogP contribution in [-0.4, -0.2) is 17.8 Å². The second-order valence-electron chi connectivity index (χ2n) is 4.71. The van der Waals surface area contributed by atoms with E-state index >= 15 is 0 Å². The van der Waals surface area contributed by atoms with Gasteiger partial charge in [-0.25, -0.2) is 0 Å². The quantitative estimate of drug-likeness (QED) is 0.648. The van der Waals surface area contributed by atoms with Crippen molar-refractivity contribution in [2.24, 2.45) is 0 Å². The number of anilines is 1. The average molecular weight is 270 g/mol. The molecule has 1 aromatic carbocycles. The molecule has 2 nitrogen and oxygen atoms in total. The van der Waals surface area contributed by atoms with Crippen molar-refractivity contribution in [1.29, 1.82) is 0 Å². The van der Waals surface area contributed by atoms with Gasteiger partial charge in [0, 0.05) is 6.04 Å². The minimum atomic E-state index is 0.103. The Kier molecular flexibility index (Phi) is 7.86. The second kappa shape index (κ2) is 9.23. The first kappa shape index (κ1) is 15.3. The van der Waals surface area contributed by atoms with E-state index in [9.17, 15) is 5.11 Å². The van der Waals surface area contributed by atoms with Crippen LogP contribution < -0.4 is 5.32 Å². The lowest BCUT2D eigenvalue weighted by atomic mass is 10.1. The molecule has 0 fully saturated rings. The highest BCUT2D eigenvalue weighted by Gasteiger charge is 2.08. The van der Waals surface area contributed by atoms with E-state index in [4.69, 9.17) is 11.6 Å². The normalized spacial score (nSPS) is 12.4. The largest absolute Gasteiger partial charge is 0.394 e. The van der Waals surface area contributed by atoms with Crippen LogP contribution in [0.2, 0.25) is 5.02 Å². The molecule has 0 aliphatic carbocycles. The smallest absolute Gasteiger partial charge is 0.0637 e. The summed E-state index contributed by atoms with van der Waals surface area (Å²) in [4.78, 5) is 0. The number of rotatable bonds is 9. The number of aliphatic hydroxyl groups excluding tert-OH is 1. The minimum absolute atomic E-state index is 0.103. The van der Waals surface area contributed by atoms with E-state index in [1.54, 1.807) is 0 Å². The van der Waals surface area contributed by atoms with Gasteiger partial charge in [-0.15, -0.1) is 0 Å². The number of unbranched alkanes of at least 4 members (excludes halogenated alkanes) is 4. The molecule has 0 saturated carbocycles. The molecular weight excluding hydrogens is 246 g/mol. The van der Waals surface area contributed by atoms with E-state index in [2.05, 4.69) is 12.2 Å². The summed E-state index contributed by atoms with van der Waals surface area (Å²) in [5.74, 6) is 0. The number of hydrogen-bond donors (Lipinski definition) is 2. The third-order valence-corrected chi connectivity index (χ3v) is 3.44. The first-order valence-electron chi connectivity index (χ1n) is 6.89. The van der Waals surface area contributed by atoms with E-state index < -0.39 is 0 Å². The summed E-state index contributed by atoms with van der Waals surface area (Å²) in [5.41, 5.74) is 0.909. The van der Waals surface area contributed by atoms with Gasteiger partial charge in [-0.3, -0.25) is 0 Å². The number of halogens is 1. The molecule has 0 radical (unpaired) electrons. The number of para-hydroxylation sites is 1. The highest BCUT2D eigenvalue weighted by Crippen LogP contribution is 2.22. The monoisotopic (exact) mass is 269 g/mol. The van der Waals surface area contributed by atoms with Gasteiger partial charge in [0.05, 0.1) is 17.3 Å². The maximum absolute atomic E-state index is 9.38. The third kappa shape index (κ3) is 5.74. The molecule has 1 unspecified atom stereocenters. The molecule has 1 rings (SSSR count). The highest BCUT2D eigenvalue weighted by atomic mass is 35.5. The van der Waals surface area contributed by atoms with Gasteiger partial charge < -0.3 is 10.4 Å². The van der Waals surface area contributed by atoms with Crippen LogP contribution in [-0.2, 0) is 0 Å².